The lowest BCUT2D eigenvalue weighted by molar-refractivity contribution is 0.414. The highest BCUT2D eigenvalue weighted by Crippen LogP contribution is 2.35. The van der Waals surface area contributed by atoms with Gasteiger partial charge in [0.2, 0.25) is 10.0 Å². The number of hydrogen-bond acceptors (Lipinski definition) is 5. The number of benzene rings is 3. The van der Waals surface area contributed by atoms with Crippen molar-refractivity contribution in [3.63, 3.8) is 0 Å². The van der Waals surface area contributed by atoms with E-state index in [2.05, 4.69) is 15.2 Å². The Hall–Kier alpha value is -2.00. The van der Waals surface area contributed by atoms with Gasteiger partial charge in [0.15, 0.2) is 0 Å². The second-order valence-electron chi connectivity index (χ2n) is 7.53. The van der Waals surface area contributed by atoms with Crippen LogP contribution in [0.4, 0.5) is 0 Å². The van der Waals surface area contributed by atoms with E-state index in [0.717, 1.165) is 11.3 Å². The molecule has 3 aromatic carbocycles. The molecular weight excluding hydrogens is 540 g/mol. The zero-order valence-corrected chi connectivity index (χ0v) is 21.6. The molecule has 0 fully saturated rings. The number of nitrogens with one attached hydrogen (secondary N) is 2. The fourth-order valence-electron chi connectivity index (χ4n) is 3.67. The minimum atomic E-state index is -4.16. The Morgan fingerprint density at radius 2 is 1.68 bits per heavy atom. The first-order chi connectivity index (χ1) is 16.2. The van der Waals surface area contributed by atoms with Gasteiger partial charge in [0.25, 0.3) is 0 Å². The fraction of sp³-hybridized carbons (Fsp3) is 0.174. The lowest BCUT2D eigenvalue weighted by Gasteiger charge is -2.21. The Balaban J connectivity index is 1.69. The van der Waals surface area contributed by atoms with Crippen molar-refractivity contribution in [2.24, 2.45) is 5.10 Å². The van der Waals surface area contributed by atoms with Crippen LogP contribution in [0.3, 0.4) is 0 Å². The van der Waals surface area contributed by atoms with Gasteiger partial charge in [-0.1, -0.05) is 70.7 Å². The van der Waals surface area contributed by atoms with Crippen molar-refractivity contribution in [2.75, 3.05) is 7.11 Å². The minimum Gasteiger partial charge on any atom is -0.497 e. The van der Waals surface area contributed by atoms with Crippen LogP contribution >= 0.6 is 46.4 Å². The first-order valence-electron chi connectivity index (χ1n) is 10.1. The highest BCUT2D eigenvalue weighted by molar-refractivity contribution is 7.89. The standard InChI is InChI=1S/C23H19Cl4N3O3S/c1-33-15-8-5-13(6-9-15)20-12-21(29-28-20)22(16-10-7-14(24)11-19(16)27)30-34(31,32)23-17(25)3-2-4-18(23)26/h2-11,20,22,28,30H,12H2,1H3. The van der Waals surface area contributed by atoms with Gasteiger partial charge in [0.1, 0.15) is 10.6 Å². The molecule has 2 N–H and O–H groups in total. The van der Waals surface area contributed by atoms with Crippen LogP contribution in [0.2, 0.25) is 20.1 Å². The minimum absolute atomic E-state index is 0.00329. The van der Waals surface area contributed by atoms with Gasteiger partial charge in [0, 0.05) is 16.5 Å². The van der Waals surface area contributed by atoms with Crippen molar-refractivity contribution >= 4 is 62.1 Å². The summed E-state index contributed by atoms with van der Waals surface area (Å²) in [7, 11) is -2.56. The van der Waals surface area contributed by atoms with Crippen molar-refractivity contribution in [3.8, 4) is 5.75 Å². The molecule has 178 valence electrons. The highest BCUT2D eigenvalue weighted by atomic mass is 35.5. The summed E-state index contributed by atoms with van der Waals surface area (Å²) >= 11 is 24.9. The third-order valence-electron chi connectivity index (χ3n) is 5.36. The molecule has 2 atom stereocenters. The van der Waals surface area contributed by atoms with Crippen molar-refractivity contribution in [3.05, 3.63) is 91.9 Å². The van der Waals surface area contributed by atoms with Gasteiger partial charge < -0.3 is 10.2 Å². The van der Waals surface area contributed by atoms with Crippen LogP contribution in [-0.4, -0.2) is 21.2 Å². The zero-order chi connectivity index (χ0) is 24.5. The van der Waals surface area contributed by atoms with Crippen molar-refractivity contribution in [1.29, 1.82) is 0 Å². The molecule has 1 heterocycles. The molecule has 4 rings (SSSR count). The molecule has 6 nitrogen and oxygen atoms in total. The molecule has 2 unspecified atom stereocenters. The molecule has 0 saturated heterocycles. The lowest BCUT2D eigenvalue weighted by atomic mass is 9.96. The summed E-state index contributed by atoms with van der Waals surface area (Å²) in [6, 6.07) is 15.8. The van der Waals surface area contributed by atoms with Gasteiger partial charge in [-0.25, -0.2) is 8.42 Å². The Kier molecular flexibility index (Phi) is 7.62. The van der Waals surface area contributed by atoms with Crippen LogP contribution in [0.25, 0.3) is 0 Å². The Morgan fingerprint density at radius 1 is 1.00 bits per heavy atom. The average molecular weight is 559 g/mol. The summed E-state index contributed by atoms with van der Waals surface area (Å²) in [4.78, 5) is -0.216. The third-order valence-corrected chi connectivity index (χ3v) is 8.30. The predicted molar refractivity (Wildman–Crippen MR) is 137 cm³/mol. The van der Waals surface area contributed by atoms with E-state index in [0.29, 0.717) is 27.7 Å². The summed E-state index contributed by atoms with van der Waals surface area (Å²) in [5.41, 5.74) is 5.08. The van der Waals surface area contributed by atoms with E-state index in [9.17, 15) is 8.42 Å². The first-order valence-corrected chi connectivity index (χ1v) is 13.1. The largest absolute Gasteiger partial charge is 0.497 e. The predicted octanol–water partition coefficient (Wildman–Crippen LogP) is 6.42. The number of ether oxygens (including phenoxy) is 1. The van der Waals surface area contributed by atoms with Gasteiger partial charge in [-0.3, -0.25) is 0 Å². The fourth-order valence-corrected chi connectivity index (χ4v) is 6.54. The summed E-state index contributed by atoms with van der Waals surface area (Å²) in [5.74, 6) is 0.734. The van der Waals surface area contributed by atoms with E-state index < -0.39 is 16.1 Å². The number of methoxy groups -OCH3 is 1. The molecule has 0 aromatic heterocycles. The molecule has 0 amide bonds. The lowest BCUT2D eigenvalue weighted by Crippen LogP contribution is -2.34. The van der Waals surface area contributed by atoms with Gasteiger partial charge in [-0.2, -0.15) is 9.82 Å². The maximum atomic E-state index is 13.4. The number of rotatable bonds is 7. The van der Waals surface area contributed by atoms with Crippen LogP contribution in [0.5, 0.6) is 5.75 Å². The van der Waals surface area contributed by atoms with Crippen LogP contribution < -0.4 is 14.9 Å². The van der Waals surface area contributed by atoms with Gasteiger partial charge in [-0.15, -0.1) is 0 Å². The zero-order valence-electron chi connectivity index (χ0n) is 17.7. The number of hydrogen-bond donors (Lipinski definition) is 2. The molecule has 0 radical (unpaired) electrons. The summed E-state index contributed by atoms with van der Waals surface area (Å²) < 4.78 is 34.7. The summed E-state index contributed by atoms with van der Waals surface area (Å²) in [5, 5.41) is 5.17. The van der Waals surface area contributed by atoms with E-state index in [1.54, 1.807) is 31.4 Å². The van der Waals surface area contributed by atoms with Crippen molar-refractivity contribution in [2.45, 2.75) is 23.4 Å². The molecule has 1 aliphatic heterocycles. The SMILES string of the molecule is COc1ccc(C2CC(C(NS(=O)(=O)c3c(Cl)cccc3Cl)c3ccc(Cl)cc3Cl)=NN2)cc1. The quantitative estimate of drug-likeness (QED) is 0.350. The Bertz CT molecular complexity index is 1330. The summed E-state index contributed by atoms with van der Waals surface area (Å²) in [6.45, 7) is 0. The number of hydrazone groups is 1. The highest BCUT2D eigenvalue weighted by Gasteiger charge is 2.33. The molecule has 3 aromatic rings. The molecule has 0 saturated carbocycles. The van der Waals surface area contributed by atoms with Gasteiger partial charge >= 0.3 is 0 Å². The van der Waals surface area contributed by atoms with E-state index >= 15 is 0 Å². The monoisotopic (exact) mass is 557 g/mol. The van der Waals surface area contributed by atoms with Crippen molar-refractivity contribution in [1.82, 2.24) is 10.1 Å². The molecule has 1 aliphatic rings. The maximum absolute atomic E-state index is 13.4. The topological polar surface area (TPSA) is 79.8 Å². The first kappa shape index (κ1) is 25.1. The normalized spacial score (nSPS) is 16.6. The van der Waals surface area contributed by atoms with Gasteiger partial charge in [-0.05, 0) is 47.5 Å². The maximum Gasteiger partial charge on any atom is 0.244 e. The molecule has 0 aliphatic carbocycles. The second kappa shape index (κ2) is 10.3. The van der Waals surface area contributed by atoms with E-state index in [4.69, 9.17) is 51.1 Å². The van der Waals surface area contributed by atoms with Crippen molar-refractivity contribution < 1.29 is 13.2 Å². The van der Waals surface area contributed by atoms with Crippen LogP contribution in [-0.2, 0) is 10.0 Å². The molecular formula is C23H19Cl4N3O3S. The Morgan fingerprint density at radius 3 is 2.29 bits per heavy atom. The average Bonchev–Trinajstić information content (AvgIpc) is 3.28. The smallest absolute Gasteiger partial charge is 0.244 e. The van der Waals surface area contributed by atoms with Crippen LogP contribution in [0.15, 0.2) is 70.7 Å². The van der Waals surface area contributed by atoms with E-state index in [1.165, 1.54) is 12.1 Å². The second-order valence-corrected chi connectivity index (χ2v) is 10.8. The third kappa shape index (κ3) is 5.30. The molecule has 0 spiro atoms. The number of halogens is 4. The number of nitrogens with zero attached hydrogens (tertiary/aromatic N) is 1. The molecule has 34 heavy (non-hydrogen) atoms. The summed E-state index contributed by atoms with van der Waals surface area (Å²) in [6.07, 6.45) is 0.425. The Labute approximate surface area is 217 Å². The van der Waals surface area contributed by atoms with E-state index in [1.807, 2.05) is 24.3 Å². The van der Waals surface area contributed by atoms with Gasteiger partial charge in [0.05, 0.1) is 35.0 Å². The van der Waals surface area contributed by atoms with E-state index in [-0.39, 0.29) is 21.0 Å². The number of sulfonamides is 1. The molecule has 0 bridgehead atoms. The van der Waals surface area contributed by atoms with Crippen LogP contribution in [0, 0.1) is 0 Å². The van der Waals surface area contributed by atoms with Crippen LogP contribution in [0.1, 0.15) is 29.6 Å². The molecule has 11 heteroatoms.